The van der Waals surface area contributed by atoms with Crippen molar-refractivity contribution in [1.82, 2.24) is 4.90 Å². The zero-order valence-electron chi connectivity index (χ0n) is 5.07. The highest BCUT2D eigenvalue weighted by Crippen LogP contribution is 2.32. The van der Waals surface area contributed by atoms with Crippen molar-refractivity contribution in [2.45, 2.75) is 12.6 Å². The lowest BCUT2D eigenvalue weighted by Gasteiger charge is -2.23. The van der Waals surface area contributed by atoms with Gasteiger partial charge in [0, 0.05) is 0 Å². The number of hydrogen-bond donors (Lipinski definition) is 1. The number of amides is 1. The Bertz CT molecular complexity index is 168. The van der Waals surface area contributed by atoms with E-state index < -0.39 is 23.6 Å². The molecule has 1 N–H and O–H groups in total. The average Bonchev–Trinajstić information content (AvgIpc) is 1.49. The summed E-state index contributed by atoms with van der Waals surface area (Å²) in [6, 6.07) is 0. The molecular weight excluding hydrogens is 196 g/mol. The second-order valence-electron chi connectivity index (χ2n) is 1.55. The van der Waals surface area contributed by atoms with Gasteiger partial charge in [0.05, 0.1) is 0 Å². The predicted octanol–water partition coefficient (Wildman–Crippen LogP) is 2.01. The summed E-state index contributed by atoms with van der Waals surface area (Å²) in [6.07, 6.45) is -15.1. The Balaban J connectivity index is 4.82. The van der Waals surface area contributed by atoms with Crippen LogP contribution in [-0.2, 0) is 0 Å². The number of rotatable bonds is 0. The van der Waals surface area contributed by atoms with Gasteiger partial charge in [0.15, 0.2) is 0 Å². The number of carbonyl (C=O) groups is 1. The monoisotopic (exact) mass is 197 g/mol. The van der Waals surface area contributed by atoms with Crippen LogP contribution in [0.5, 0.6) is 0 Å². The van der Waals surface area contributed by atoms with Crippen molar-refractivity contribution in [2.75, 3.05) is 0 Å². The maximum absolute atomic E-state index is 11.3. The molecule has 0 aromatic rings. The van der Waals surface area contributed by atoms with E-state index in [1.807, 2.05) is 0 Å². The summed E-state index contributed by atoms with van der Waals surface area (Å²) in [5.41, 5.74) is 0. The standard InChI is InChI=1S/C3HF6NO2/c4-2(5,6)10(1(11)12)3(7,8)9/h(H,11,12). The van der Waals surface area contributed by atoms with E-state index in [0.29, 0.717) is 0 Å². The fourth-order valence-electron chi connectivity index (χ4n) is 0.361. The van der Waals surface area contributed by atoms with Crippen LogP contribution in [0.4, 0.5) is 31.1 Å². The van der Waals surface area contributed by atoms with Crippen molar-refractivity contribution in [2.24, 2.45) is 0 Å². The summed E-state index contributed by atoms with van der Waals surface area (Å²) < 4.78 is 67.8. The summed E-state index contributed by atoms with van der Waals surface area (Å²) in [5.74, 6) is 0. The molecule has 3 nitrogen and oxygen atoms in total. The van der Waals surface area contributed by atoms with Gasteiger partial charge in [-0.3, -0.25) is 0 Å². The quantitative estimate of drug-likeness (QED) is 0.476. The highest BCUT2D eigenvalue weighted by molar-refractivity contribution is 5.65. The number of hydrogen-bond acceptors (Lipinski definition) is 1. The molecule has 0 spiro atoms. The van der Waals surface area contributed by atoms with E-state index in [4.69, 9.17) is 5.11 Å². The maximum atomic E-state index is 11.3. The Kier molecular flexibility index (Phi) is 2.46. The lowest BCUT2D eigenvalue weighted by molar-refractivity contribution is -0.352. The Morgan fingerprint density at radius 2 is 1.25 bits per heavy atom. The molecule has 0 aliphatic heterocycles. The van der Waals surface area contributed by atoms with Crippen LogP contribution >= 0.6 is 0 Å². The van der Waals surface area contributed by atoms with E-state index in [-0.39, 0.29) is 0 Å². The molecule has 0 rings (SSSR count). The van der Waals surface area contributed by atoms with Gasteiger partial charge in [-0.05, 0) is 0 Å². The molecule has 72 valence electrons. The first-order valence-electron chi connectivity index (χ1n) is 2.23. The molecule has 0 heterocycles. The first-order chi connectivity index (χ1) is 5.07. The SMILES string of the molecule is O=C(O)N(C(F)(F)F)C(F)(F)F. The van der Waals surface area contributed by atoms with Crippen LogP contribution < -0.4 is 0 Å². The third kappa shape index (κ3) is 2.47. The van der Waals surface area contributed by atoms with Gasteiger partial charge in [0.1, 0.15) is 0 Å². The zero-order valence-corrected chi connectivity index (χ0v) is 5.07. The van der Waals surface area contributed by atoms with Gasteiger partial charge in [0.2, 0.25) is 0 Å². The predicted molar refractivity (Wildman–Crippen MR) is 22.0 cm³/mol. The van der Waals surface area contributed by atoms with Gasteiger partial charge in [-0.15, -0.1) is 31.2 Å². The second kappa shape index (κ2) is 2.72. The van der Waals surface area contributed by atoms with Crippen LogP contribution in [-0.4, -0.2) is 28.7 Å². The highest BCUT2D eigenvalue weighted by atomic mass is 19.4. The van der Waals surface area contributed by atoms with Crippen molar-refractivity contribution in [3.63, 3.8) is 0 Å². The van der Waals surface area contributed by atoms with Gasteiger partial charge in [-0.1, -0.05) is 0 Å². The number of halogens is 6. The zero-order chi connectivity index (χ0) is 10.2. The van der Waals surface area contributed by atoms with E-state index in [2.05, 4.69) is 0 Å². The molecule has 0 aromatic carbocycles. The van der Waals surface area contributed by atoms with Crippen molar-refractivity contribution in [3.8, 4) is 0 Å². The van der Waals surface area contributed by atoms with Crippen molar-refractivity contribution >= 4 is 6.09 Å². The Morgan fingerprint density at radius 3 is 1.25 bits per heavy atom. The minimum absolute atomic E-state index is 2.54. The van der Waals surface area contributed by atoms with Gasteiger partial charge >= 0.3 is 18.7 Å². The van der Waals surface area contributed by atoms with Gasteiger partial charge < -0.3 is 5.11 Å². The molecule has 0 unspecified atom stereocenters. The third-order valence-corrected chi connectivity index (χ3v) is 0.698. The molecule has 0 aromatic heterocycles. The smallest absolute Gasteiger partial charge is 0.465 e. The minimum Gasteiger partial charge on any atom is -0.465 e. The molecule has 0 saturated heterocycles. The molecule has 9 heteroatoms. The molecule has 1 amide bonds. The van der Waals surface area contributed by atoms with E-state index in [9.17, 15) is 31.1 Å². The van der Waals surface area contributed by atoms with Crippen LogP contribution in [0.15, 0.2) is 0 Å². The molecule has 0 saturated carbocycles. The molecule has 0 fully saturated rings. The van der Waals surface area contributed by atoms with Gasteiger partial charge in [-0.2, -0.15) is 0 Å². The molecule has 0 bridgehead atoms. The molecular formula is C3HF6NO2. The first kappa shape index (κ1) is 10.8. The molecule has 0 atom stereocenters. The summed E-state index contributed by atoms with van der Waals surface area (Å²) in [4.78, 5) is 6.94. The van der Waals surface area contributed by atoms with Crippen LogP contribution in [0.25, 0.3) is 0 Å². The van der Waals surface area contributed by atoms with Crippen molar-refractivity contribution < 1.29 is 36.2 Å². The van der Waals surface area contributed by atoms with E-state index in [1.54, 1.807) is 0 Å². The van der Waals surface area contributed by atoms with Crippen LogP contribution in [0.1, 0.15) is 0 Å². The highest BCUT2D eigenvalue weighted by Gasteiger charge is 2.57. The summed E-state index contributed by atoms with van der Waals surface area (Å²) in [7, 11) is 0. The molecule has 12 heavy (non-hydrogen) atoms. The van der Waals surface area contributed by atoms with Crippen LogP contribution in [0.2, 0.25) is 0 Å². The Morgan fingerprint density at radius 1 is 1.00 bits per heavy atom. The fraction of sp³-hybridized carbons (Fsp3) is 0.667. The average molecular weight is 197 g/mol. The summed E-state index contributed by atoms with van der Waals surface area (Å²) >= 11 is 0. The van der Waals surface area contributed by atoms with Crippen molar-refractivity contribution in [3.05, 3.63) is 0 Å². The van der Waals surface area contributed by atoms with E-state index in [1.165, 1.54) is 0 Å². The van der Waals surface area contributed by atoms with Gasteiger partial charge in [0.25, 0.3) is 0 Å². The topological polar surface area (TPSA) is 40.5 Å². The minimum atomic E-state index is -5.97. The van der Waals surface area contributed by atoms with Gasteiger partial charge in [-0.25, -0.2) is 4.79 Å². The number of carboxylic acid groups (broad SMARTS) is 1. The second-order valence-corrected chi connectivity index (χ2v) is 1.55. The molecule has 0 radical (unpaired) electrons. The lowest BCUT2D eigenvalue weighted by atomic mass is 10.8. The first-order valence-corrected chi connectivity index (χ1v) is 2.23. The van der Waals surface area contributed by atoms with Crippen LogP contribution in [0, 0.1) is 0 Å². The number of alkyl halides is 6. The fourth-order valence-corrected chi connectivity index (χ4v) is 0.361. The normalized spacial score (nSPS) is 12.8. The van der Waals surface area contributed by atoms with Crippen LogP contribution in [0.3, 0.4) is 0 Å². The van der Waals surface area contributed by atoms with Crippen molar-refractivity contribution in [1.29, 1.82) is 0 Å². The Labute approximate surface area is 61.2 Å². The third-order valence-electron chi connectivity index (χ3n) is 0.698. The lowest BCUT2D eigenvalue weighted by Crippen LogP contribution is -2.51. The number of nitrogens with zero attached hydrogens (tertiary/aromatic N) is 1. The maximum Gasteiger partial charge on any atom is 0.496 e. The van der Waals surface area contributed by atoms with E-state index >= 15 is 0 Å². The van der Waals surface area contributed by atoms with E-state index in [0.717, 1.165) is 0 Å². The Hall–Kier alpha value is -1.15. The molecule has 0 aliphatic rings. The largest absolute Gasteiger partial charge is 0.496 e. The summed E-state index contributed by atoms with van der Waals surface area (Å²) in [6.45, 7) is 0. The summed E-state index contributed by atoms with van der Waals surface area (Å²) in [5, 5.41) is 7.53. The molecule has 0 aliphatic carbocycles.